The zero-order valence-electron chi connectivity index (χ0n) is 21.8. The second kappa shape index (κ2) is 9.34. The number of carbonyl (C=O) groups excluding carboxylic acids is 5. The van der Waals surface area contributed by atoms with E-state index in [1.54, 1.807) is 58.0 Å². The molecule has 2 aromatic carbocycles. The predicted molar refractivity (Wildman–Crippen MR) is 135 cm³/mol. The Morgan fingerprint density at radius 1 is 1.08 bits per heavy atom. The Balaban J connectivity index is 2.09. The number of carbonyl (C=O) groups is 5. The molecule has 2 aromatic rings. The van der Waals surface area contributed by atoms with Gasteiger partial charge in [0.2, 0.25) is 0 Å². The highest BCUT2D eigenvalue weighted by Gasteiger charge is 2.79. The Bertz CT molecular complexity index is 1340. The maximum atomic E-state index is 15.5. The quantitative estimate of drug-likeness (QED) is 0.462. The van der Waals surface area contributed by atoms with Crippen LogP contribution in [-0.4, -0.2) is 47.3 Å². The molecular weight excluding hydrogens is 495 g/mol. The van der Waals surface area contributed by atoms with Crippen molar-refractivity contribution in [2.24, 2.45) is 5.92 Å². The van der Waals surface area contributed by atoms with E-state index in [0.717, 1.165) is 13.0 Å². The average Bonchev–Trinajstić information content (AvgIpc) is 3.25. The van der Waals surface area contributed by atoms with Gasteiger partial charge < -0.3 is 14.8 Å². The van der Waals surface area contributed by atoms with Gasteiger partial charge in [-0.15, -0.1) is 0 Å². The lowest BCUT2D eigenvalue weighted by atomic mass is 9.61. The van der Waals surface area contributed by atoms with Crippen molar-refractivity contribution < 1.29 is 37.8 Å². The molecule has 2 amide bonds. The zero-order valence-corrected chi connectivity index (χ0v) is 21.8. The summed E-state index contributed by atoms with van der Waals surface area (Å²) >= 11 is 0. The van der Waals surface area contributed by atoms with Gasteiger partial charge in [-0.2, -0.15) is 0 Å². The molecule has 3 atom stereocenters. The predicted octanol–water partition coefficient (Wildman–Crippen LogP) is 3.94. The minimum atomic E-state index is -2.36. The van der Waals surface area contributed by atoms with Crippen molar-refractivity contribution >= 4 is 40.9 Å². The molecular formula is C28H29FN2O7. The van der Waals surface area contributed by atoms with Crippen molar-refractivity contribution in [3.63, 3.8) is 0 Å². The summed E-state index contributed by atoms with van der Waals surface area (Å²) in [7, 11) is 0. The normalized spacial score (nSPS) is 24.4. The van der Waals surface area contributed by atoms with Crippen LogP contribution in [0.1, 0.15) is 46.6 Å². The topological polar surface area (TPSA) is 119 Å². The molecule has 200 valence electrons. The van der Waals surface area contributed by atoms with Crippen LogP contribution in [0, 0.1) is 11.7 Å². The van der Waals surface area contributed by atoms with Crippen molar-refractivity contribution in [3.8, 4) is 0 Å². The largest absolute Gasteiger partial charge is 0.466 e. The molecule has 0 aromatic heterocycles. The molecule has 1 aliphatic carbocycles. The standard InChI is InChI=1S/C28H29FN2O7/c1-6-37-23(34)19-15-21(33)28(16(2)32,30-17-11-8-7-9-12-17)27(19)18-13-10-14-20(29)22(18)31(24(27)35)25(36)38-26(3,4)5/h7-14,19,30H,6,15H2,1-5H3/t19-,27+,28+/m0/s1. The second-order valence-corrected chi connectivity index (χ2v) is 10.3. The fraction of sp³-hybridized carbons (Fsp3) is 0.393. The molecule has 0 saturated heterocycles. The van der Waals surface area contributed by atoms with Crippen LogP contribution < -0.4 is 10.2 Å². The first-order chi connectivity index (χ1) is 17.8. The molecule has 1 aliphatic heterocycles. The van der Waals surface area contributed by atoms with E-state index in [1.807, 2.05) is 0 Å². The van der Waals surface area contributed by atoms with Crippen LogP contribution in [0.3, 0.4) is 0 Å². The average molecular weight is 525 g/mol. The number of hydrogen-bond donors (Lipinski definition) is 1. The van der Waals surface area contributed by atoms with Crippen molar-refractivity contribution in [2.75, 3.05) is 16.8 Å². The summed E-state index contributed by atoms with van der Waals surface area (Å²) in [5.41, 5.74) is -6.09. The lowest BCUT2D eigenvalue weighted by Crippen LogP contribution is -2.68. The molecule has 1 heterocycles. The van der Waals surface area contributed by atoms with Crippen LogP contribution in [0.4, 0.5) is 20.6 Å². The number of para-hydroxylation sites is 2. The van der Waals surface area contributed by atoms with E-state index in [0.29, 0.717) is 10.6 Å². The lowest BCUT2D eigenvalue weighted by molar-refractivity contribution is -0.153. The number of amides is 2. The number of Topliss-reactive ketones (excluding diaryl/α,β-unsaturated/α-hetero) is 2. The van der Waals surface area contributed by atoms with Gasteiger partial charge in [-0.3, -0.25) is 19.2 Å². The van der Waals surface area contributed by atoms with Gasteiger partial charge in [-0.1, -0.05) is 30.3 Å². The number of ether oxygens (including phenoxy) is 2. The number of anilines is 2. The van der Waals surface area contributed by atoms with Crippen molar-refractivity contribution in [3.05, 3.63) is 59.9 Å². The second-order valence-electron chi connectivity index (χ2n) is 10.3. The van der Waals surface area contributed by atoms with Gasteiger partial charge in [0.15, 0.2) is 17.1 Å². The number of rotatable bonds is 5. The number of nitrogens with zero attached hydrogens (tertiary/aromatic N) is 1. The van der Waals surface area contributed by atoms with E-state index in [9.17, 15) is 24.0 Å². The van der Waals surface area contributed by atoms with Crippen LogP contribution in [0.25, 0.3) is 0 Å². The molecule has 0 bridgehead atoms. The molecule has 1 saturated carbocycles. The van der Waals surface area contributed by atoms with Gasteiger partial charge in [0.1, 0.15) is 16.8 Å². The monoisotopic (exact) mass is 524 g/mol. The molecule has 10 heteroatoms. The van der Waals surface area contributed by atoms with Gasteiger partial charge in [0.25, 0.3) is 5.91 Å². The first-order valence-electron chi connectivity index (χ1n) is 12.2. The van der Waals surface area contributed by atoms with Crippen LogP contribution in [0.5, 0.6) is 0 Å². The molecule has 0 unspecified atom stereocenters. The molecule has 1 N–H and O–H groups in total. The Kier molecular flexibility index (Phi) is 6.63. The Labute approximate surface area is 219 Å². The summed E-state index contributed by atoms with van der Waals surface area (Å²) in [4.78, 5) is 69.3. The SMILES string of the molecule is CCOC(=O)[C@@H]1CC(=O)[C@](Nc2ccccc2)(C(C)=O)[C@@]12C(=O)N(C(=O)OC(C)(C)C)c1c(F)cccc12. The molecule has 2 aliphatic rings. The first kappa shape index (κ1) is 27.0. The van der Waals surface area contributed by atoms with Gasteiger partial charge in [0.05, 0.1) is 18.2 Å². The number of halogens is 1. The van der Waals surface area contributed by atoms with E-state index >= 15 is 4.39 Å². The van der Waals surface area contributed by atoms with E-state index in [2.05, 4.69) is 5.32 Å². The highest BCUT2D eigenvalue weighted by Crippen LogP contribution is 2.60. The van der Waals surface area contributed by atoms with E-state index in [1.165, 1.54) is 12.1 Å². The third-order valence-electron chi connectivity index (χ3n) is 6.88. The van der Waals surface area contributed by atoms with Crippen LogP contribution in [-0.2, 0) is 34.1 Å². The molecule has 0 radical (unpaired) electrons. The summed E-state index contributed by atoms with van der Waals surface area (Å²) in [6, 6.07) is 11.9. The molecule has 38 heavy (non-hydrogen) atoms. The number of nitrogens with one attached hydrogen (secondary N) is 1. The summed E-state index contributed by atoms with van der Waals surface area (Å²) in [6.07, 6.45) is -1.76. The fourth-order valence-electron chi connectivity index (χ4n) is 5.58. The van der Waals surface area contributed by atoms with Crippen molar-refractivity contribution in [1.29, 1.82) is 0 Å². The zero-order chi connectivity index (χ0) is 28.0. The number of imide groups is 1. The third kappa shape index (κ3) is 3.77. The Morgan fingerprint density at radius 2 is 1.74 bits per heavy atom. The molecule has 9 nitrogen and oxygen atoms in total. The van der Waals surface area contributed by atoms with E-state index in [-0.39, 0.29) is 12.2 Å². The van der Waals surface area contributed by atoms with Gasteiger partial charge in [-0.05, 0) is 58.4 Å². The van der Waals surface area contributed by atoms with Crippen LogP contribution in [0.2, 0.25) is 0 Å². The molecule has 1 fully saturated rings. The molecule has 1 spiro atoms. The van der Waals surface area contributed by atoms with Gasteiger partial charge in [0, 0.05) is 12.1 Å². The first-order valence-corrected chi connectivity index (χ1v) is 12.2. The van der Waals surface area contributed by atoms with Gasteiger partial charge in [-0.25, -0.2) is 14.1 Å². The van der Waals surface area contributed by atoms with E-state index < -0.39 is 69.9 Å². The maximum Gasteiger partial charge on any atom is 0.421 e. The summed E-state index contributed by atoms with van der Waals surface area (Å²) in [6.45, 7) is 7.31. The highest BCUT2D eigenvalue weighted by molar-refractivity contribution is 6.32. The van der Waals surface area contributed by atoms with Crippen molar-refractivity contribution in [2.45, 2.75) is 57.6 Å². The third-order valence-corrected chi connectivity index (χ3v) is 6.88. The lowest BCUT2D eigenvalue weighted by Gasteiger charge is -2.42. The Hall–Kier alpha value is -4.08. The van der Waals surface area contributed by atoms with Crippen LogP contribution in [0.15, 0.2) is 48.5 Å². The highest BCUT2D eigenvalue weighted by atomic mass is 19.1. The summed E-state index contributed by atoms with van der Waals surface area (Å²) < 4.78 is 26.1. The number of hydrogen-bond acceptors (Lipinski definition) is 8. The number of ketones is 2. The summed E-state index contributed by atoms with van der Waals surface area (Å²) in [5, 5.41) is 2.93. The summed E-state index contributed by atoms with van der Waals surface area (Å²) in [5.74, 6) is -6.09. The smallest absolute Gasteiger partial charge is 0.421 e. The van der Waals surface area contributed by atoms with Gasteiger partial charge >= 0.3 is 12.1 Å². The van der Waals surface area contributed by atoms with E-state index in [4.69, 9.17) is 9.47 Å². The maximum absolute atomic E-state index is 15.5. The number of benzene rings is 2. The minimum Gasteiger partial charge on any atom is -0.466 e. The van der Waals surface area contributed by atoms with Crippen molar-refractivity contribution in [1.82, 2.24) is 0 Å². The minimum absolute atomic E-state index is 0.0707. The van der Waals surface area contributed by atoms with Crippen LogP contribution >= 0.6 is 0 Å². The fourth-order valence-corrected chi connectivity index (χ4v) is 5.58. The molecule has 4 rings (SSSR count). The Morgan fingerprint density at radius 3 is 2.32 bits per heavy atom. The number of fused-ring (bicyclic) bond motifs is 2. The number of esters is 1.